The van der Waals surface area contributed by atoms with Crippen LogP contribution < -0.4 is 0 Å². The van der Waals surface area contributed by atoms with Crippen LogP contribution in [0.3, 0.4) is 0 Å². The first-order valence-electron chi connectivity index (χ1n) is 20.7. The van der Waals surface area contributed by atoms with Crippen molar-refractivity contribution in [3.05, 3.63) is 77.4 Å². The lowest BCUT2D eigenvalue weighted by molar-refractivity contribution is -0.159. The van der Waals surface area contributed by atoms with Crippen molar-refractivity contribution in [1.29, 1.82) is 0 Å². The molecule has 4 fully saturated rings. The lowest BCUT2D eigenvalue weighted by Gasteiger charge is -2.57. The number of hydrogen-bond donors (Lipinski definition) is 2. The first-order chi connectivity index (χ1) is 27.2. The van der Waals surface area contributed by atoms with Gasteiger partial charge in [-0.1, -0.05) is 56.3 Å². The van der Waals surface area contributed by atoms with Gasteiger partial charge in [0.1, 0.15) is 6.10 Å². The Morgan fingerprint density at radius 2 is 1.63 bits per heavy atom. The largest absolute Gasteiger partial charge is 0.478 e. The highest BCUT2D eigenvalue weighted by molar-refractivity contribution is 7.99. The normalized spacial score (nSPS) is 30.6. The third kappa shape index (κ3) is 9.75. The van der Waals surface area contributed by atoms with Crippen LogP contribution in [0.25, 0.3) is 0 Å². The van der Waals surface area contributed by atoms with Gasteiger partial charge in [0.25, 0.3) is 0 Å². The van der Waals surface area contributed by atoms with Gasteiger partial charge in [-0.3, -0.25) is 14.5 Å². The molecule has 0 radical (unpaired) electrons. The average molecular weight is 817 g/mol. The van der Waals surface area contributed by atoms with Crippen LogP contribution in [0.1, 0.15) is 95.7 Å². The van der Waals surface area contributed by atoms with E-state index >= 15 is 0 Å². The summed E-state index contributed by atoms with van der Waals surface area (Å²) in [5.74, 6) is -0.102. The Balaban J connectivity index is 0.000000163. The number of esters is 1. The molecule has 0 amide bonds. The van der Waals surface area contributed by atoms with Crippen LogP contribution in [0.15, 0.2) is 81.0 Å². The van der Waals surface area contributed by atoms with Crippen molar-refractivity contribution in [2.75, 3.05) is 39.5 Å². The monoisotopic (exact) mass is 816 g/mol. The van der Waals surface area contributed by atoms with Gasteiger partial charge in [-0.2, -0.15) is 0 Å². The third-order valence-corrected chi connectivity index (χ3v) is 15.9. The molecule has 2 N–H and O–H groups in total. The van der Waals surface area contributed by atoms with E-state index in [9.17, 15) is 19.2 Å². The minimum absolute atomic E-state index is 0.0411. The fourth-order valence-electron chi connectivity index (χ4n) is 10.8. The van der Waals surface area contributed by atoms with Gasteiger partial charge in [-0.05, 0) is 129 Å². The van der Waals surface area contributed by atoms with E-state index in [2.05, 4.69) is 79.4 Å². The van der Waals surface area contributed by atoms with Crippen molar-refractivity contribution < 1.29 is 34.1 Å². The Morgan fingerprint density at radius 3 is 2.32 bits per heavy atom. The van der Waals surface area contributed by atoms with Crippen molar-refractivity contribution in [1.82, 2.24) is 9.80 Å². The number of benzene rings is 2. The molecule has 8 rings (SSSR count). The highest BCUT2D eigenvalue weighted by Crippen LogP contribution is 2.65. The van der Waals surface area contributed by atoms with Crippen LogP contribution in [0, 0.1) is 28.6 Å². The van der Waals surface area contributed by atoms with Crippen molar-refractivity contribution in [2.24, 2.45) is 28.6 Å². The maximum atomic E-state index is 11.9. The second kappa shape index (κ2) is 18.7. The standard InChI is InChI=1S/C22H32O3.C20H24N2S2.C4H4O4/c1-4-20(24)25-19-8-7-17-16-6-5-14-13-15(23)9-11-21(14,2)18(16)10-12-22(17,19)3;1-21-9-11-22(12-10-21)18-13-15-5-3-4-6-19(15)24-20-8-7-16(23-2)14-17(18)20;5-3(6)1-2-4(7)8/h13,16-19H,4-12H2,1-3H3;3-8,14,18H,9-13H2,1-2H3;1-2H,(H,5,6)(H,7,8). The van der Waals surface area contributed by atoms with E-state index in [1.165, 1.54) is 63.7 Å². The van der Waals surface area contributed by atoms with Gasteiger partial charge in [0.2, 0.25) is 0 Å². The number of aliphatic carboxylic acids is 2. The number of fused-ring (bicyclic) bond motifs is 7. The van der Waals surface area contributed by atoms with E-state index in [4.69, 9.17) is 14.9 Å². The van der Waals surface area contributed by atoms with E-state index in [0.717, 1.165) is 57.5 Å². The Bertz CT molecular complexity index is 1860. The van der Waals surface area contributed by atoms with E-state index < -0.39 is 11.9 Å². The lowest BCUT2D eigenvalue weighted by atomic mass is 9.47. The summed E-state index contributed by atoms with van der Waals surface area (Å²) in [6.45, 7) is 11.4. The predicted molar refractivity (Wildman–Crippen MR) is 226 cm³/mol. The smallest absolute Gasteiger partial charge is 0.328 e. The molecule has 6 aliphatic rings. The van der Waals surface area contributed by atoms with Crippen LogP contribution >= 0.6 is 23.5 Å². The molecule has 4 aliphatic carbocycles. The number of ether oxygens (including phenoxy) is 1. The summed E-state index contributed by atoms with van der Waals surface area (Å²) in [5, 5.41) is 15.6. The molecule has 308 valence electrons. The predicted octanol–water partition coefficient (Wildman–Crippen LogP) is 8.96. The Morgan fingerprint density at radius 1 is 0.912 bits per heavy atom. The van der Waals surface area contributed by atoms with Crippen molar-refractivity contribution in [2.45, 2.75) is 112 Å². The van der Waals surface area contributed by atoms with Crippen LogP contribution in [-0.2, 0) is 30.3 Å². The van der Waals surface area contributed by atoms with Crippen LogP contribution in [0.2, 0.25) is 0 Å². The zero-order valence-corrected chi connectivity index (χ0v) is 35.8. The molecule has 2 aliphatic heterocycles. The number of carboxylic acid groups (broad SMARTS) is 2. The molecule has 7 unspecified atom stereocenters. The van der Waals surface area contributed by atoms with Crippen molar-refractivity contribution in [3.63, 3.8) is 0 Å². The van der Waals surface area contributed by atoms with Crippen molar-refractivity contribution in [3.8, 4) is 0 Å². The fourth-order valence-corrected chi connectivity index (χ4v) is 12.3. The summed E-state index contributed by atoms with van der Waals surface area (Å²) in [4.78, 5) is 52.3. The quantitative estimate of drug-likeness (QED) is 0.165. The molecule has 3 saturated carbocycles. The molecule has 2 aromatic rings. The SMILES string of the molecule is CCC(=O)OC1CCC2C3CCC4=CC(=O)CCC4(C)C3CCC12C.CSc1ccc2c(c1)C(N1CCN(C)CC1)Cc1ccccc1S2.O=C(O)C=CC(=O)O. The minimum Gasteiger partial charge on any atom is -0.478 e. The topological polar surface area (TPSA) is 124 Å². The molecular weight excluding hydrogens is 757 g/mol. The van der Waals surface area contributed by atoms with Gasteiger partial charge < -0.3 is 19.8 Å². The molecule has 0 spiro atoms. The summed E-state index contributed by atoms with van der Waals surface area (Å²) in [5.41, 5.74) is 4.84. The summed E-state index contributed by atoms with van der Waals surface area (Å²) in [6, 6.07) is 16.5. The number of carbonyl (C=O) groups excluding carboxylic acids is 2. The molecule has 0 aromatic heterocycles. The highest BCUT2D eigenvalue weighted by atomic mass is 32.2. The average Bonchev–Trinajstić information content (AvgIpc) is 3.43. The Kier molecular flexibility index (Phi) is 14.2. The molecule has 2 heterocycles. The number of carboxylic acids is 2. The molecule has 1 saturated heterocycles. The minimum atomic E-state index is -1.26. The molecule has 57 heavy (non-hydrogen) atoms. The second-order valence-corrected chi connectivity index (χ2v) is 19.1. The highest BCUT2D eigenvalue weighted by Gasteiger charge is 2.60. The maximum Gasteiger partial charge on any atom is 0.328 e. The Hall–Kier alpha value is -3.38. The molecule has 9 nitrogen and oxygen atoms in total. The molecular formula is C46H60N2O7S2. The molecule has 11 heteroatoms. The lowest BCUT2D eigenvalue weighted by Crippen LogP contribution is -2.51. The molecule has 0 bridgehead atoms. The summed E-state index contributed by atoms with van der Waals surface area (Å²) >= 11 is 3.79. The van der Waals surface area contributed by atoms with Gasteiger partial charge in [-0.15, -0.1) is 11.8 Å². The maximum absolute atomic E-state index is 11.9. The summed E-state index contributed by atoms with van der Waals surface area (Å²) in [7, 11) is 2.23. The first kappa shape index (κ1) is 43.2. The van der Waals surface area contributed by atoms with Gasteiger partial charge in [0, 0.05) is 77.3 Å². The van der Waals surface area contributed by atoms with Crippen LogP contribution in [0.5, 0.6) is 0 Å². The third-order valence-electron chi connectivity index (χ3n) is 14.0. The van der Waals surface area contributed by atoms with Crippen molar-refractivity contribution >= 4 is 47.2 Å². The van der Waals surface area contributed by atoms with Crippen LogP contribution in [-0.4, -0.2) is 89.3 Å². The van der Waals surface area contributed by atoms with E-state index in [1.807, 2.05) is 36.5 Å². The zero-order valence-electron chi connectivity index (χ0n) is 34.2. The number of allylic oxidation sites excluding steroid dienone is 1. The number of likely N-dealkylation sites (N-methyl/N-ethyl adjacent to an activating group) is 1. The Labute approximate surface area is 347 Å². The van der Waals surface area contributed by atoms with Gasteiger partial charge >= 0.3 is 17.9 Å². The number of ketones is 1. The number of thioether (sulfide) groups is 1. The number of carbonyl (C=O) groups is 4. The van der Waals surface area contributed by atoms with Gasteiger partial charge in [0.05, 0.1) is 0 Å². The fraction of sp³-hybridized carbons (Fsp3) is 0.565. The van der Waals surface area contributed by atoms with E-state index in [0.29, 0.717) is 42.2 Å². The summed E-state index contributed by atoms with van der Waals surface area (Å²) in [6.07, 6.45) is 15.7. The number of nitrogens with zero attached hydrogens (tertiary/aromatic N) is 2. The van der Waals surface area contributed by atoms with Gasteiger partial charge in [-0.25, -0.2) is 9.59 Å². The number of rotatable bonds is 6. The van der Waals surface area contributed by atoms with E-state index in [1.54, 1.807) is 0 Å². The van der Waals surface area contributed by atoms with Gasteiger partial charge in [0.15, 0.2) is 5.78 Å². The van der Waals surface area contributed by atoms with Crippen LogP contribution in [0.4, 0.5) is 0 Å². The molecule has 2 aromatic carbocycles. The molecule has 7 atom stereocenters. The second-order valence-electron chi connectivity index (χ2n) is 17.1. The summed E-state index contributed by atoms with van der Waals surface area (Å²) < 4.78 is 5.86. The van der Waals surface area contributed by atoms with E-state index in [-0.39, 0.29) is 22.9 Å². The number of hydrogen-bond acceptors (Lipinski definition) is 9. The number of piperazine rings is 1. The zero-order chi connectivity index (χ0) is 40.9. The first-order valence-corrected chi connectivity index (χ1v) is 22.7.